The Balaban J connectivity index is 1.10. The molecule has 0 saturated carbocycles. The molecule has 0 unspecified atom stereocenters. The predicted octanol–water partition coefficient (Wildman–Crippen LogP) is 12.4. The SMILES string of the molecule is c1ccc(-n2c3ccccc3c3cc(-c4ccc(-c5cccc6c5sc5c7ccccc7n(-c7ccccc7)c65)cc4)ccc32)cc1. The second kappa shape index (κ2) is 10.3. The van der Waals surface area contributed by atoms with Gasteiger partial charge in [-0.05, 0) is 70.8 Å². The third-order valence-corrected chi connectivity index (χ3v) is 10.8. The molecule has 3 heteroatoms. The fourth-order valence-corrected chi connectivity index (χ4v) is 8.77. The summed E-state index contributed by atoms with van der Waals surface area (Å²) in [5.74, 6) is 0. The number of benzene rings is 7. The van der Waals surface area contributed by atoms with Gasteiger partial charge in [0.15, 0.2) is 0 Å². The molecule has 0 fully saturated rings. The van der Waals surface area contributed by atoms with Gasteiger partial charge in [-0.2, -0.15) is 0 Å². The molecule has 7 aromatic carbocycles. The average Bonchev–Trinajstić information content (AvgIpc) is 3.79. The highest BCUT2D eigenvalue weighted by atomic mass is 32.1. The van der Waals surface area contributed by atoms with Crippen molar-refractivity contribution in [3.05, 3.63) is 170 Å². The van der Waals surface area contributed by atoms with E-state index in [1.807, 2.05) is 11.3 Å². The van der Waals surface area contributed by atoms with Crippen LogP contribution in [0.5, 0.6) is 0 Å². The second-order valence-electron chi connectivity index (χ2n) is 12.1. The Bertz CT molecular complexity index is 2760. The van der Waals surface area contributed by atoms with Crippen LogP contribution in [0.1, 0.15) is 0 Å². The number of hydrogen-bond acceptors (Lipinski definition) is 1. The van der Waals surface area contributed by atoms with E-state index in [1.54, 1.807) is 0 Å². The lowest BCUT2D eigenvalue weighted by Gasteiger charge is -2.10. The third-order valence-electron chi connectivity index (χ3n) is 9.53. The molecule has 0 amide bonds. The normalized spacial score (nSPS) is 11.8. The fourth-order valence-electron chi connectivity index (χ4n) is 7.41. The predicted molar refractivity (Wildman–Crippen MR) is 201 cm³/mol. The molecule has 10 rings (SSSR count). The lowest BCUT2D eigenvalue weighted by molar-refractivity contribution is 1.18. The summed E-state index contributed by atoms with van der Waals surface area (Å²) >= 11 is 1.91. The molecule has 10 aromatic rings. The molecular weight excluding hydrogens is 589 g/mol. The number of thiophene rings is 1. The first-order valence-corrected chi connectivity index (χ1v) is 16.8. The van der Waals surface area contributed by atoms with Crippen LogP contribution in [0.4, 0.5) is 0 Å². The highest BCUT2D eigenvalue weighted by Gasteiger charge is 2.19. The minimum Gasteiger partial charge on any atom is -0.309 e. The Morgan fingerprint density at radius 1 is 0.340 bits per heavy atom. The molecule has 2 nitrogen and oxygen atoms in total. The molecule has 0 saturated heterocycles. The van der Waals surface area contributed by atoms with E-state index < -0.39 is 0 Å². The quantitative estimate of drug-likeness (QED) is 0.186. The first-order valence-electron chi connectivity index (χ1n) is 16.0. The summed E-state index contributed by atoms with van der Waals surface area (Å²) in [5, 5.41) is 5.14. The maximum Gasteiger partial charge on any atom is 0.0727 e. The van der Waals surface area contributed by atoms with Crippen molar-refractivity contribution in [2.45, 2.75) is 0 Å². The summed E-state index contributed by atoms with van der Waals surface area (Å²) in [7, 11) is 0. The molecule has 0 aliphatic rings. The zero-order chi connectivity index (χ0) is 30.9. The summed E-state index contributed by atoms with van der Waals surface area (Å²) in [6.07, 6.45) is 0. The van der Waals surface area contributed by atoms with Crippen LogP contribution < -0.4 is 0 Å². The van der Waals surface area contributed by atoms with Gasteiger partial charge in [0, 0.05) is 37.6 Å². The van der Waals surface area contributed by atoms with Gasteiger partial charge in [-0.25, -0.2) is 0 Å². The van der Waals surface area contributed by atoms with Crippen LogP contribution in [0.3, 0.4) is 0 Å². The van der Waals surface area contributed by atoms with E-state index in [-0.39, 0.29) is 0 Å². The molecule has 0 N–H and O–H groups in total. The van der Waals surface area contributed by atoms with Crippen molar-refractivity contribution >= 4 is 64.3 Å². The van der Waals surface area contributed by atoms with E-state index in [4.69, 9.17) is 0 Å². The van der Waals surface area contributed by atoms with E-state index in [9.17, 15) is 0 Å². The summed E-state index contributed by atoms with van der Waals surface area (Å²) in [4.78, 5) is 0. The van der Waals surface area contributed by atoms with Gasteiger partial charge in [-0.15, -0.1) is 11.3 Å². The Morgan fingerprint density at radius 2 is 0.894 bits per heavy atom. The lowest BCUT2D eigenvalue weighted by Crippen LogP contribution is -1.93. The summed E-state index contributed by atoms with van der Waals surface area (Å²) in [6, 6.07) is 61.7. The summed E-state index contributed by atoms with van der Waals surface area (Å²) in [6.45, 7) is 0. The zero-order valence-corrected chi connectivity index (χ0v) is 26.3. The number of nitrogens with zero attached hydrogens (tertiary/aromatic N) is 2. The molecule has 3 heterocycles. The molecule has 0 aliphatic carbocycles. The highest BCUT2D eigenvalue weighted by molar-refractivity contribution is 7.27. The van der Waals surface area contributed by atoms with Gasteiger partial charge in [0.2, 0.25) is 0 Å². The van der Waals surface area contributed by atoms with E-state index >= 15 is 0 Å². The standard InChI is InChI=1S/C44H28N2S/c1-3-12-32(13-4-1)45-39-20-9-7-16-35(39)38-28-31(26-27-41(38)45)29-22-24-30(25-23-29)34-18-11-19-37-42-44(47-43(34)37)36-17-8-10-21-40(36)46(42)33-14-5-2-6-15-33/h1-28H. The smallest absolute Gasteiger partial charge is 0.0727 e. The van der Waals surface area contributed by atoms with Crippen LogP contribution in [0.25, 0.3) is 86.6 Å². The third kappa shape index (κ3) is 3.97. The van der Waals surface area contributed by atoms with Crippen molar-refractivity contribution in [2.75, 3.05) is 0 Å². The molecule has 0 aliphatic heterocycles. The highest BCUT2D eigenvalue weighted by Crippen LogP contribution is 2.45. The maximum atomic E-state index is 2.43. The van der Waals surface area contributed by atoms with Gasteiger partial charge in [0.1, 0.15) is 0 Å². The van der Waals surface area contributed by atoms with E-state index in [2.05, 4.69) is 179 Å². The van der Waals surface area contributed by atoms with Crippen LogP contribution in [0.15, 0.2) is 170 Å². The number of fused-ring (bicyclic) bond motifs is 8. The lowest BCUT2D eigenvalue weighted by atomic mass is 9.98. The van der Waals surface area contributed by atoms with Crippen LogP contribution in [-0.4, -0.2) is 9.13 Å². The topological polar surface area (TPSA) is 9.86 Å². The van der Waals surface area contributed by atoms with E-state index in [0.717, 1.165) is 0 Å². The first kappa shape index (κ1) is 26.3. The van der Waals surface area contributed by atoms with Gasteiger partial charge in [-0.3, -0.25) is 0 Å². The summed E-state index contributed by atoms with van der Waals surface area (Å²) in [5.41, 5.74) is 12.3. The minimum atomic E-state index is 1.18. The zero-order valence-electron chi connectivity index (χ0n) is 25.5. The second-order valence-corrected chi connectivity index (χ2v) is 13.2. The molecule has 0 radical (unpaired) electrons. The van der Waals surface area contributed by atoms with Crippen molar-refractivity contribution < 1.29 is 0 Å². The van der Waals surface area contributed by atoms with Crippen molar-refractivity contribution in [1.29, 1.82) is 0 Å². The molecule has 3 aromatic heterocycles. The van der Waals surface area contributed by atoms with Crippen LogP contribution in [0.2, 0.25) is 0 Å². The number of para-hydroxylation sites is 4. The van der Waals surface area contributed by atoms with E-state index in [1.165, 1.54) is 86.6 Å². The van der Waals surface area contributed by atoms with Crippen molar-refractivity contribution in [2.24, 2.45) is 0 Å². The largest absolute Gasteiger partial charge is 0.309 e. The molecule has 0 atom stereocenters. The molecule has 0 bridgehead atoms. The van der Waals surface area contributed by atoms with Crippen molar-refractivity contribution in [3.63, 3.8) is 0 Å². The fraction of sp³-hybridized carbons (Fsp3) is 0. The maximum absolute atomic E-state index is 2.43. The Kier molecular flexibility index (Phi) is 5.78. The average molecular weight is 617 g/mol. The van der Waals surface area contributed by atoms with Crippen molar-refractivity contribution in [1.82, 2.24) is 9.13 Å². The van der Waals surface area contributed by atoms with Gasteiger partial charge in [0.05, 0.1) is 26.8 Å². The molecule has 0 spiro atoms. The number of rotatable bonds is 4. The van der Waals surface area contributed by atoms with Crippen LogP contribution in [-0.2, 0) is 0 Å². The Morgan fingerprint density at radius 3 is 1.64 bits per heavy atom. The number of aromatic nitrogens is 2. The van der Waals surface area contributed by atoms with E-state index in [0.29, 0.717) is 0 Å². The minimum absolute atomic E-state index is 1.18. The molecule has 220 valence electrons. The van der Waals surface area contributed by atoms with Crippen LogP contribution >= 0.6 is 11.3 Å². The Labute approximate surface area is 276 Å². The first-order chi connectivity index (χ1) is 23.3. The Hall–Kier alpha value is -5.90. The molecular formula is C44H28N2S. The monoisotopic (exact) mass is 616 g/mol. The van der Waals surface area contributed by atoms with Crippen molar-refractivity contribution in [3.8, 4) is 33.6 Å². The number of hydrogen-bond donors (Lipinski definition) is 0. The van der Waals surface area contributed by atoms with Gasteiger partial charge in [0.25, 0.3) is 0 Å². The van der Waals surface area contributed by atoms with Gasteiger partial charge >= 0.3 is 0 Å². The van der Waals surface area contributed by atoms with Gasteiger partial charge < -0.3 is 9.13 Å². The summed E-state index contributed by atoms with van der Waals surface area (Å²) < 4.78 is 7.47. The van der Waals surface area contributed by atoms with Gasteiger partial charge in [-0.1, -0.05) is 121 Å². The molecule has 47 heavy (non-hydrogen) atoms. The van der Waals surface area contributed by atoms with Crippen LogP contribution in [0, 0.1) is 0 Å².